The van der Waals surface area contributed by atoms with Crippen LogP contribution in [-0.4, -0.2) is 26.3 Å². The third-order valence-corrected chi connectivity index (χ3v) is 3.39. The van der Waals surface area contributed by atoms with Crippen molar-refractivity contribution in [2.75, 3.05) is 14.2 Å². The standard InChI is InChI=1S/C9H11BrO3S/c1-12-9(13-2)5-6(11)7-3-4-8(10)14-7/h3-4,9H,5H2,1-2H3. The Balaban J connectivity index is 2.58. The Hall–Kier alpha value is -0.230. The van der Waals surface area contributed by atoms with Gasteiger partial charge in [0, 0.05) is 14.2 Å². The average molecular weight is 279 g/mol. The first-order chi connectivity index (χ1) is 6.67. The number of hydrogen-bond donors (Lipinski definition) is 0. The fourth-order valence-corrected chi connectivity index (χ4v) is 2.31. The third kappa shape index (κ3) is 3.16. The molecule has 1 aromatic heterocycles. The molecular formula is C9H11BrO3S. The summed E-state index contributed by atoms with van der Waals surface area (Å²) in [6.45, 7) is 0. The number of carbonyl (C=O) groups excluding carboxylic acids is 1. The normalized spacial score (nSPS) is 10.9. The maximum Gasteiger partial charge on any atom is 0.177 e. The van der Waals surface area contributed by atoms with Gasteiger partial charge in [0.05, 0.1) is 15.1 Å². The number of ketones is 1. The van der Waals surface area contributed by atoms with Gasteiger partial charge in [-0.1, -0.05) is 0 Å². The monoisotopic (exact) mass is 278 g/mol. The second-order valence-corrected chi connectivity index (χ2v) is 5.10. The summed E-state index contributed by atoms with van der Waals surface area (Å²) < 4.78 is 10.8. The predicted molar refractivity (Wildman–Crippen MR) is 58.8 cm³/mol. The number of carbonyl (C=O) groups is 1. The van der Waals surface area contributed by atoms with Crippen LogP contribution in [0.3, 0.4) is 0 Å². The summed E-state index contributed by atoms with van der Waals surface area (Å²) in [5.41, 5.74) is 0. The van der Waals surface area contributed by atoms with Crippen molar-refractivity contribution in [3.05, 3.63) is 20.8 Å². The second-order valence-electron chi connectivity index (χ2n) is 2.63. The smallest absolute Gasteiger partial charge is 0.177 e. The molecule has 3 nitrogen and oxygen atoms in total. The molecule has 0 saturated carbocycles. The van der Waals surface area contributed by atoms with Crippen LogP contribution in [0.2, 0.25) is 0 Å². The topological polar surface area (TPSA) is 35.5 Å². The Labute approximate surface area is 95.2 Å². The van der Waals surface area contributed by atoms with Gasteiger partial charge in [0.1, 0.15) is 0 Å². The highest BCUT2D eigenvalue weighted by Gasteiger charge is 2.15. The van der Waals surface area contributed by atoms with Crippen LogP contribution in [0.5, 0.6) is 0 Å². The second kappa shape index (κ2) is 5.60. The molecule has 0 aromatic carbocycles. The summed E-state index contributed by atoms with van der Waals surface area (Å²) in [6, 6.07) is 3.64. The summed E-state index contributed by atoms with van der Waals surface area (Å²) in [6.07, 6.45) is -0.205. The van der Waals surface area contributed by atoms with Crippen LogP contribution >= 0.6 is 27.3 Å². The minimum Gasteiger partial charge on any atom is -0.355 e. The molecule has 0 aliphatic carbocycles. The zero-order chi connectivity index (χ0) is 10.6. The van der Waals surface area contributed by atoms with Crippen molar-refractivity contribution in [3.8, 4) is 0 Å². The molecule has 0 spiro atoms. The predicted octanol–water partition coefficient (Wildman–Crippen LogP) is 2.70. The van der Waals surface area contributed by atoms with E-state index in [0.29, 0.717) is 0 Å². The van der Waals surface area contributed by atoms with E-state index in [9.17, 15) is 4.79 Å². The number of hydrogen-bond acceptors (Lipinski definition) is 4. The van der Waals surface area contributed by atoms with Gasteiger partial charge in [0.25, 0.3) is 0 Å². The quantitative estimate of drug-likeness (QED) is 0.614. The first kappa shape index (κ1) is 11.8. The fraction of sp³-hybridized carbons (Fsp3) is 0.444. The first-order valence-corrected chi connectivity index (χ1v) is 5.62. The van der Waals surface area contributed by atoms with Gasteiger partial charge in [-0.25, -0.2) is 0 Å². The lowest BCUT2D eigenvalue weighted by Crippen LogP contribution is -2.17. The zero-order valence-electron chi connectivity index (χ0n) is 7.95. The number of thiophene rings is 1. The van der Waals surface area contributed by atoms with E-state index < -0.39 is 6.29 Å². The molecule has 0 unspecified atom stereocenters. The lowest BCUT2D eigenvalue weighted by atomic mass is 10.2. The fourth-order valence-electron chi connectivity index (χ4n) is 0.979. The van der Waals surface area contributed by atoms with Gasteiger partial charge in [0.15, 0.2) is 12.1 Å². The van der Waals surface area contributed by atoms with Crippen molar-refractivity contribution in [2.24, 2.45) is 0 Å². The Kier molecular flexibility index (Phi) is 4.74. The van der Waals surface area contributed by atoms with Crippen molar-refractivity contribution >= 4 is 33.0 Å². The van der Waals surface area contributed by atoms with Crippen molar-refractivity contribution in [3.63, 3.8) is 0 Å². The lowest BCUT2D eigenvalue weighted by Gasteiger charge is -2.11. The molecule has 5 heteroatoms. The van der Waals surface area contributed by atoms with E-state index in [-0.39, 0.29) is 12.2 Å². The molecule has 1 heterocycles. The highest BCUT2D eigenvalue weighted by atomic mass is 79.9. The van der Waals surface area contributed by atoms with E-state index in [1.807, 2.05) is 6.07 Å². The maximum atomic E-state index is 11.6. The number of rotatable bonds is 5. The summed E-state index contributed by atoms with van der Waals surface area (Å²) in [5, 5.41) is 0. The molecule has 1 rings (SSSR count). The Morgan fingerprint density at radius 2 is 2.14 bits per heavy atom. The van der Waals surface area contributed by atoms with Crippen molar-refractivity contribution < 1.29 is 14.3 Å². The maximum absolute atomic E-state index is 11.6. The van der Waals surface area contributed by atoms with Crippen LogP contribution in [0.25, 0.3) is 0 Å². The molecule has 0 N–H and O–H groups in total. The SMILES string of the molecule is COC(CC(=O)c1ccc(Br)s1)OC. The average Bonchev–Trinajstić information content (AvgIpc) is 2.61. The van der Waals surface area contributed by atoms with Gasteiger partial charge in [0.2, 0.25) is 0 Å². The molecule has 78 valence electrons. The summed E-state index contributed by atoms with van der Waals surface area (Å²) in [7, 11) is 3.04. The minimum atomic E-state index is -0.455. The Bertz CT molecular complexity index is 307. The number of methoxy groups -OCH3 is 2. The molecular weight excluding hydrogens is 268 g/mol. The Morgan fingerprint density at radius 3 is 2.57 bits per heavy atom. The first-order valence-electron chi connectivity index (χ1n) is 4.01. The van der Waals surface area contributed by atoms with Gasteiger partial charge in [-0.05, 0) is 28.1 Å². The largest absolute Gasteiger partial charge is 0.355 e. The van der Waals surface area contributed by atoms with Crippen LogP contribution in [0.15, 0.2) is 15.9 Å². The van der Waals surface area contributed by atoms with E-state index in [2.05, 4.69) is 15.9 Å². The lowest BCUT2D eigenvalue weighted by molar-refractivity contribution is -0.0992. The van der Waals surface area contributed by atoms with Gasteiger partial charge < -0.3 is 9.47 Å². The number of ether oxygens (including phenoxy) is 2. The molecule has 1 aromatic rings. The molecule has 0 aliphatic heterocycles. The van der Waals surface area contributed by atoms with Crippen LogP contribution in [0, 0.1) is 0 Å². The number of halogens is 1. The van der Waals surface area contributed by atoms with Crippen LogP contribution in [0.1, 0.15) is 16.1 Å². The molecule has 0 bridgehead atoms. The van der Waals surface area contributed by atoms with Crippen molar-refractivity contribution in [2.45, 2.75) is 12.7 Å². The van der Waals surface area contributed by atoms with E-state index in [0.717, 1.165) is 8.66 Å². The summed E-state index contributed by atoms with van der Waals surface area (Å²) in [4.78, 5) is 12.3. The van der Waals surface area contributed by atoms with Crippen molar-refractivity contribution in [1.29, 1.82) is 0 Å². The molecule has 14 heavy (non-hydrogen) atoms. The highest BCUT2D eigenvalue weighted by Crippen LogP contribution is 2.23. The zero-order valence-corrected chi connectivity index (χ0v) is 10.4. The number of Topliss-reactive ketones (excluding diaryl/α,β-unsaturated/α-hetero) is 1. The van der Waals surface area contributed by atoms with E-state index in [1.165, 1.54) is 25.6 Å². The molecule has 0 saturated heterocycles. The molecule has 0 amide bonds. The van der Waals surface area contributed by atoms with E-state index in [1.54, 1.807) is 6.07 Å². The third-order valence-electron chi connectivity index (χ3n) is 1.73. The summed E-state index contributed by atoms with van der Waals surface area (Å²) >= 11 is 4.72. The van der Waals surface area contributed by atoms with Crippen LogP contribution in [-0.2, 0) is 9.47 Å². The van der Waals surface area contributed by atoms with E-state index in [4.69, 9.17) is 9.47 Å². The van der Waals surface area contributed by atoms with Crippen LogP contribution in [0.4, 0.5) is 0 Å². The molecule has 0 radical (unpaired) electrons. The van der Waals surface area contributed by atoms with Gasteiger partial charge in [-0.2, -0.15) is 0 Å². The molecule has 0 fully saturated rings. The highest BCUT2D eigenvalue weighted by molar-refractivity contribution is 9.11. The van der Waals surface area contributed by atoms with Crippen molar-refractivity contribution in [1.82, 2.24) is 0 Å². The van der Waals surface area contributed by atoms with Crippen LogP contribution < -0.4 is 0 Å². The summed E-state index contributed by atoms with van der Waals surface area (Å²) in [5.74, 6) is 0.0365. The van der Waals surface area contributed by atoms with E-state index >= 15 is 0 Å². The molecule has 0 atom stereocenters. The minimum absolute atomic E-state index is 0.0365. The Morgan fingerprint density at radius 1 is 1.50 bits per heavy atom. The van der Waals surface area contributed by atoms with Gasteiger partial charge in [-0.15, -0.1) is 11.3 Å². The molecule has 0 aliphatic rings. The van der Waals surface area contributed by atoms with Gasteiger partial charge in [-0.3, -0.25) is 4.79 Å². The van der Waals surface area contributed by atoms with Gasteiger partial charge >= 0.3 is 0 Å².